The minimum Gasteiger partial charge on any atom is -0.391 e. The van der Waals surface area contributed by atoms with Crippen LogP contribution in [-0.4, -0.2) is 49.2 Å². The summed E-state index contributed by atoms with van der Waals surface area (Å²) in [5, 5.41) is 8.81. The van der Waals surface area contributed by atoms with Crippen molar-refractivity contribution < 1.29 is 24.1 Å². The number of aliphatic hydroxyl groups excluding tert-OH is 1. The van der Waals surface area contributed by atoms with E-state index in [4.69, 9.17) is 24.1 Å². The second kappa shape index (κ2) is 3.75. The van der Waals surface area contributed by atoms with Crippen LogP contribution in [0.1, 0.15) is 13.8 Å². The van der Waals surface area contributed by atoms with Gasteiger partial charge in [0.1, 0.15) is 12.2 Å². The molecule has 0 saturated carbocycles. The summed E-state index contributed by atoms with van der Waals surface area (Å²) in [5.41, 5.74) is 0. The molecule has 0 amide bonds. The summed E-state index contributed by atoms with van der Waals surface area (Å²) in [6.07, 6.45) is -0.734. The van der Waals surface area contributed by atoms with Crippen molar-refractivity contribution in [2.24, 2.45) is 0 Å². The predicted molar refractivity (Wildman–Crippen MR) is 46.6 cm³/mol. The lowest BCUT2D eigenvalue weighted by Gasteiger charge is -2.19. The van der Waals surface area contributed by atoms with E-state index >= 15 is 0 Å². The van der Waals surface area contributed by atoms with E-state index in [1.807, 2.05) is 13.8 Å². The molecule has 82 valence electrons. The molecule has 1 N–H and O–H groups in total. The fraction of sp³-hybridized carbons (Fsp3) is 1.00. The number of rotatable bonds is 2. The van der Waals surface area contributed by atoms with E-state index < -0.39 is 12.1 Å². The van der Waals surface area contributed by atoms with E-state index in [0.717, 1.165) is 0 Å². The van der Waals surface area contributed by atoms with E-state index in [2.05, 4.69) is 0 Å². The third-order valence-corrected chi connectivity index (χ3v) is 2.37. The van der Waals surface area contributed by atoms with Gasteiger partial charge in [0.2, 0.25) is 0 Å². The Balaban J connectivity index is 1.86. The minimum absolute atomic E-state index is 0.0958. The quantitative estimate of drug-likeness (QED) is 0.679. The van der Waals surface area contributed by atoms with E-state index in [1.54, 1.807) is 0 Å². The molecule has 14 heavy (non-hydrogen) atoms. The molecule has 0 spiro atoms. The van der Waals surface area contributed by atoms with Gasteiger partial charge in [-0.25, -0.2) is 0 Å². The summed E-state index contributed by atoms with van der Waals surface area (Å²) in [4.78, 5) is 0. The number of hydrogen-bond donors (Lipinski definition) is 1. The standard InChI is InChI=1S/C9H16O5/c1-9(2)12-5-7(14-9)6-4-11-8(3-10)13-6/h6-8,10H,3-5H2,1-2H3/t6-,7+,8-/m0/s1. The molecule has 0 unspecified atom stereocenters. The average molecular weight is 204 g/mol. The Hall–Kier alpha value is -0.200. The van der Waals surface area contributed by atoms with Gasteiger partial charge in [0.15, 0.2) is 12.1 Å². The average Bonchev–Trinajstić information content (AvgIpc) is 2.70. The monoisotopic (exact) mass is 204 g/mol. The van der Waals surface area contributed by atoms with Crippen molar-refractivity contribution in [2.45, 2.75) is 38.1 Å². The van der Waals surface area contributed by atoms with Crippen LogP contribution >= 0.6 is 0 Å². The Morgan fingerprint density at radius 2 is 2.07 bits per heavy atom. The maximum atomic E-state index is 8.81. The molecule has 2 fully saturated rings. The molecular weight excluding hydrogens is 188 g/mol. The van der Waals surface area contributed by atoms with Crippen LogP contribution < -0.4 is 0 Å². The highest BCUT2D eigenvalue weighted by Gasteiger charge is 2.41. The number of aliphatic hydroxyl groups is 1. The minimum atomic E-state index is -0.536. The molecule has 2 aliphatic rings. The highest BCUT2D eigenvalue weighted by Crippen LogP contribution is 2.28. The highest BCUT2D eigenvalue weighted by atomic mass is 16.8. The molecule has 2 heterocycles. The van der Waals surface area contributed by atoms with E-state index in [9.17, 15) is 0 Å². The summed E-state index contributed by atoms with van der Waals surface area (Å²) in [7, 11) is 0. The van der Waals surface area contributed by atoms with Crippen LogP contribution in [0.5, 0.6) is 0 Å². The van der Waals surface area contributed by atoms with Crippen molar-refractivity contribution in [3.63, 3.8) is 0 Å². The van der Waals surface area contributed by atoms with Gasteiger partial charge in [0.05, 0.1) is 19.8 Å². The zero-order valence-corrected chi connectivity index (χ0v) is 8.43. The zero-order chi connectivity index (χ0) is 10.2. The molecular formula is C9H16O5. The third kappa shape index (κ3) is 2.07. The maximum Gasteiger partial charge on any atom is 0.181 e. The Labute approximate surface area is 82.9 Å². The predicted octanol–water partition coefficient (Wildman–Crippen LogP) is -0.128. The van der Waals surface area contributed by atoms with Gasteiger partial charge in [0.25, 0.3) is 0 Å². The maximum absolute atomic E-state index is 8.81. The molecule has 0 aromatic heterocycles. The van der Waals surface area contributed by atoms with Gasteiger partial charge < -0.3 is 24.1 Å². The normalized spacial score (nSPS) is 41.8. The molecule has 5 nitrogen and oxygen atoms in total. The second-order valence-electron chi connectivity index (χ2n) is 3.99. The van der Waals surface area contributed by atoms with Crippen LogP contribution in [0.15, 0.2) is 0 Å². The Morgan fingerprint density at radius 1 is 1.29 bits per heavy atom. The van der Waals surface area contributed by atoms with E-state index in [-0.39, 0.29) is 18.8 Å². The van der Waals surface area contributed by atoms with Crippen molar-refractivity contribution >= 4 is 0 Å². The molecule has 5 heteroatoms. The van der Waals surface area contributed by atoms with Crippen LogP contribution in [0.4, 0.5) is 0 Å². The first kappa shape index (κ1) is 10.3. The van der Waals surface area contributed by atoms with Crippen molar-refractivity contribution in [1.29, 1.82) is 0 Å². The first-order valence-electron chi connectivity index (χ1n) is 4.80. The lowest BCUT2D eigenvalue weighted by Crippen LogP contribution is -2.33. The van der Waals surface area contributed by atoms with Gasteiger partial charge >= 0.3 is 0 Å². The van der Waals surface area contributed by atoms with Crippen LogP contribution in [0.25, 0.3) is 0 Å². The molecule has 3 atom stereocenters. The summed E-state index contributed by atoms with van der Waals surface area (Å²) in [5.74, 6) is -0.536. The smallest absolute Gasteiger partial charge is 0.181 e. The van der Waals surface area contributed by atoms with Gasteiger partial charge in [-0.3, -0.25) is 0 Å². The van der Waals surface area contributed by atoms with Crippen molar-refractivity contribution in [3.05, 3.63) is 0 Å². The summed E-state index contributed by atoms with van der Waals surface area (Å²) < 4.78 is 21.6. The SMILES string of the molecule is CC1(C)OC[C@H]([C@@H]2CO[C@H](CO)O2)O1. The van der Waals surface area contributed by atoms with Gasteiger partial charge in [-0.1, -0.05) is 0 Å². The first-order valence-corrected chi connectivity index (χ1v) is 4.80. The molecule has 0 bridgehead atoms. The molecule has 2 rings (SSSR count). The van der Waals surface area contributed by atoms with E-state index in [0.29, 0.717) is 13.2 Å². The fourth-order valence-corrected chi connectivity index (χ4v) is 1.67. The lowest BCUT2D eigenvalue weighted by atomic mass is 10.2. The van der Waals surface area contributed by atoms with Gasteiger partial charge in [0, 0.05) is 0 Å². The Morgan fingerprint density at radius 3 is 2.57 bits per heavy atom. The van der Waals surface area contributed by atoms with Crippen LogP contribution in [-0.2, 0) is 18.9 Å². The molecule has 2 saturated heterocycles. The Bertz CT molecular complexity index is 205. The zero-order valence-electron chi connectivity index (χ0n) is 8.43. The molecule has 2 aliphatic heterocycles. The third-order valence-electron chi connectivity index (χ3n) is 2.37. The number of hydrogen-bond acceptors (Lipinski definition) is 5. The van der Waals surface area contributed by atoms with Crippen molar-refractivity contribution in [1.82, 2.24) is 0 Å². The summed E-state index contributed by atoms with van der Waals surface area (Å²) in [6.45, 7) is 4.58. The van der Waals surface area contributed by atoms with Crippen LogP contribution in [0, 0.1) is 0 Å². The Kier molecular flexibility index (Phi) is 2.77. The molecule has 0 aromatic carbocycles. The topological polar surface area (TPSA) is 57.2 Å². The van der Waals surface area contributed by atoms with Gasteiger partial charge in [-0.05, 0) is 13.8 Å². The van der Waals surface area contributed by atoms with Crippen LogP contribution in [0.3, 0.4) is 0 Å². The molecule has 0 aromatic rings. The van der Waals surface area contributed by atoms with Crippen molar-refractivity contribution in [3.8, 4) is 0 Å². The number of ether oxygens (including phenoxy) is 4. The van der Waals surface area contributed by atoms with E-state index in [1.165, 1.54) is 0 Å². The molecule has 0 radical (unpaired) electrons. The summed E-state index contributed by atoms with van der Waals surface area (Å²) in [6, 6.07) is 0. The first-order chi connectivity index (χ1) is 6.61. The second-order valence-corrected chi connectivity index (χ2v) is 3.99. The van der Waals surface area contributed by atoms with Crippen molar-refractivity contribution in [2.75, 3.05) is 19.8 Å². The fourth-order valence-electron chi connectivity index (χ4n) is 1.67. The van der Waals surface area contributed by atoms with Gasteiger partial charge in [-0.2, -0.15) is 0 Å². The molecule has 0 aliphatic carbocycles. The lowest BCUT2D eigenvalue weighted by molar-refractivity contribution is -0.158. The summed E-state index contributed by atoms with van der Waals surface area (Å²) >= 11 is 0. The van der Waals surface area contributed by atoms with Gasteiger partial charge in [-0.15, -0.1) is 0 Å². The van der Waals surface area contributed by atoms with Crippen LogP contribution in [0.2, 0.25) is 0 Å². The highest BCUT2D eigenvalue weighted by molar-refractivity contribution is 4.81. The largest absolute Gasteiger partial charge is 0.391 e.